The Morgan fingerprint density at radius 3 is 2.77 bits per heavy atom. The monoisotopic (exact) mass is 182 g/mol. The minimum Gasteiger partial charge on any atom is -0.478 e. The molecule has 13 heavy (non-hydrogen) atoms. The van der Waals surface area contributed by atoms with Crippen molar-refractivity contribution in [3.8, 4) is 0 Å². The Labute approximate surface area is 74.4 Å². The van der Waals surface area contributed by atoms with E-state index in [-0.39, 0.29) is 11.1 Å². The Morgan fingerprint density at radius 1 is 1.54 bits per heavy atom. The highest BCUT2D eigenvalue weighted by atomic mass is 16.4. The summed E-state index contributed by atoms with van der Waals surface area (Å²) in [5.74, 6) is -1.05. The van der Waals surface area contributed by atoms with Gasteiger partial charge in [-0.25, -0.2) is 4.79 Å². The quantitative estimate of drug-likeness (QED) is 0.660. The van der Waals surface area contributed by atoms with Crippen molar-refractivity contribution in [1.29, 1.82) is 0 Å². The average Bonchev–Trinajstić information content (AvgIpc) is 2.08. The molecule has 3 N–H and O–H groups in total. The molecular formula is C8H10N2O3. The van der Waals surface area contributed by atoms with E-state index in [0.717, 1.165) is 0 Å². The van der Waals surface area contributed by atoms with Gasteiger partial charge in [-0.05, 0) is 6.07 Å². The standard InChI is InChI=1S/C8H10N2O3/c9-3-4-10-5-6(8(12)13)1-2-7(10)11/h1-2,5H,3-4,9H2,(H,12,13). The second-order valence-electron chi connectivity index (χ2n) is 2.54. The number of rotatable bonds is 3. The molecule has 0 saturated heterocycles. The Morgan fingerprint density at radius 2 is 2.23 bits per heavy atom. The van der Waals surface area contributed by atoms with E-state index < -0.39 is 5.97 Å². The summed E-state index contributed by atoms with van der Waals surface area (Å²) in [4.78, 5) is 21.6. The summed E-state index contributed by atoms with van der Waals surface area (Å²) in [6.07, 6.45) is 1.29. The van der Waals surface area contributed by atoms with Crippen molar-refractivity contribution in [2.75, 3.05) is 6.54 Å². The van der Waals surface area contributed by atoms with Crippen molar-refractivity contribution >= 4 is 5.97 Å². The third kappa shape index (κ3) is 2.16. The Kier molecular flexibility index (Phi) is 2.81. The number of hydrogen-bond donors (Lipinski definition) is 2. The summed E-state index contributed by atoms with van der Waals surface area (Å²) >= 11 is 0. The molecular weight excluding hydrogens is 172 g/mol. The molecule has 70 valence electrons. The van der Waals surface area contributed by atoms with E-state index >= 15 is 0 Å². The fraction of sp³-hybridized carbons (Fsp3) is 0.250. The van der Waals surface area contributed by atoms with Gasteiger partial charge in [0.15, 0.2) is 0 Å². The highest BCUT2D eigenvalue weighted by Crippen LogP contribution is 1.94. The van der Waals surface area contributed by atoms with Crippen molar-refractivity contribution in [1.82, 2.24) is 4.57 Å². The number of nitrogens with two attached hydrogens (primary N) is 1. The Bertz CT molecular complexity index is 370. The number of hydrogen-bond acceptors (Lipinski definition) is 3. The van der Waals surface area contributed by atoms with E-state index in [1.165, 1.54) is 22.9 Å². The molecule has 0 aliphatic carbocycles. The van der Waals surface area contributed by atoms with Crippen LogP contribution in [0.4, 0.5) is 0 Å². The molecule has 5 nitrogen and oxygen atoms in total. The zero-order chi connectivity index (χ0) is 9.84. The van der Waals surface area contributed by atoms with Gasteiger partial charge in [-0.2, -0.15) is 0 Å². The number of carboxylic acids is 1. The first-order valence-electron chi connectivity index (χ1n) is 3.79. The molecule has 1 aromatic rings. The zero-order valence-electron chi connectivity index (χ0n) is 6.93. The average molecular weight is 182 g/mol. The van der Waals surface area contributed by atoms with Gasteiger partial charge in [-0.1, -0.05) is 0 Å². The molecule has 0 bridgehead atoms. The van der Waals surface area contributed by atoms with Crippen LogP contribution in [0.3, 0.4) is 0 Å². The lowest BCUT2D eigenvalue weighted by Gasteiger charge is -2.03. The number of aromatic carboxylic acids is 1. The number of carbonyl (C=O) groups is 1. The molecule has 0 aromatic carbocycles. The summed E-state index contributed by atoms with van der Waals surface area (Å²) in [6, 6.07) is 2.50. The van der Waals surface area contributed by atoms with Crippen molar-refractivity contribution in [3.05, 3.63) is 34.2 Å². The topological polar surface area (TPSA) is 85.3 Å². The lowest BCUT2D eigenvalue weighted by Crippen LogP contribution is -2.23. The van der Waals surface area contributed by atoms with Gasteiger partial charge in [0.05, 0.1) is 5.56 Å². The van der Waals surface area contributed by atoms with Crippen LogP contribution in [0.25, 0.3) is 0 Å². The van der Waals surface area contributed by atoms with Crippen LogP contribution in [0, 0.1) is 0 Å². The van der Waals surface area contributed by atoms with Crippen LogP contribution in [-0.4, -0.2) is 22.2 Å². The first kappa shape index (κ1) is 9.47. The summed E-state index contributed by atoms with van der Waals surface area (Å²) in [6.45, 7) is 0.642. The van der Waals surface area contributed by atoms with E-state index in [1.807, 2.05) is 0 Å². The molecule has 0 saturated carbocycles. The molecule has 0 aliphatic heterocycles. The molecule has 1 aromatic heterocycles. The predicted octanol–water partition coefficient (Wildman–Crippen LogP) is -0.495. The number of nitrogens with zero attached hydrogens (tertiary/aromatic N) is 1. The lowest BCUT2D eigenvalue weighted by molar-refractivity contribution is 0.0696. The molecule has 1 rings (SSSR count). The zero-order valence-corrected chi connectivity index (χ0v) is 6.93. The minimum absolute atomic E-state index is 0.0908. The first-order chi connectivity index (χ1) is 6.15. The highest BCUT2D eigenvalue weighted by Gasteiger charge is 2.03. The van der Waals surface area contributed by atoms with Gasteiger partial charge < -0.3 is 15.4 Å². The van der Waals surface area contributed by atoms with E-state index in [1.54, 1.807) is 0 Å². The van der Waals surface area contributed by atoms with Gasteiger partial charge in [0, 0.05) is 25.4 Å². The summed E-state index contributed by atoms with van der Waals surface area (Å²) in [7, 11) is 0. The molecule has 0 fully saturated rings. The van der Waals surface area contributed by atoms with E-state index in [0.29, 0.717) is 13.1 Å². The van der Waals surface area contributed by atoms with Crippen LogP contribution in [0.15, 0.2) is 23.1 Å². The minimum atomic E-state index is -1.05. The van der Waals surface area contributed by atoms with Crippen molar-refractivity contribution in [2.24, 2.45) is 5.73 Å². The van der Waals surface area contributed by atoms with Gasteiger partial charge in [0.25, 0.3) is 5.56 Å². The fourth-order valence-electron chi connectivity index (χ4n) is 0.972. The third-order valence-corrected chi connectivity index (χ3v) is 1.60. The molecule has 0 spiro atoms. The van der Waals surface area contributed by atoms with Crippen molar-refractivity contribution in [3.63, 3.8) is 0 Å². The van der Waals surface area contributed by atoms with E-state index in [2.05, 4.69) is 0 Å². The van der Waals surface area contributed by atoms with Gasteiger partial charge in [-0.3, -0.25) is 4.79 Å². The number of carboxylic acid groups (broad SMARTS) is 1. The van der Waals surface area contributed by atoms with Crippen molar-refractivity contribution in [2.45, 2.75) is 6.54 Å². The van der Waals surface area contributed by atoms with Crippen LogP contribution < -0.4 is 11.3 Å². The van der Waals surface area contributed by atoms with Crippen LogP contribution in [-0.2, 0) is 6.54 Å². The third-order valence-electron chi connectivity index (χ3n) is 1.60. The van der Waals surface area contributed by atoms with E-state index in [4.69, 9.17) is 10.8 Å². The first-order valence-corrected chi connectivity index (χ1v) is 3.79. The van der Waals surface area contributed by atoms with Crippen LogP contribution in [0.1, 0.15) is 10.4 Å². The fourth-order valence-corrected chi connectivity index (χ4v) is 0.972. The highest BCUT2D eigenvalue weighted by molar-refractivity contribution is 5.87. The largest absolute Gasteiger partial charge is 0.478 e. The maximum atomic E-state index is 11.1. The normalized spacial score (nSPS) is 9.92. The molecule has 0 aliphatic rings. The Hall–Kier alpha value is -1.62. The van der Waals surface area contributed by atoms with Crippen LogP contribution in [0.5, 0.6) is 0 Å². The lowest BCUT2D eigenvalue weighted by atomic mass is 10.3. The molecule has 0 amide bonds. The molecule has 0 radical (unpaired) electrons. The predicted molar refractivity (Wildman–Crippen MR) is 46.7 cm³/mol. The molecule has 0 atom stereocenters. The second-order valence-corrected chi connectivity index (χ2v) is 2.54. The van der Waals surface area contributed by atoms with Crippen molar-refractivity contribution < 1.29 is 9.90 Å². The van der Waals surface area contributed by atoms with Crippen LogP contribution in [0.2, 0.25) is 0 Å². The van der Waals surface area contributed by atoms with Gasteiger partial charge >= 0.3 is 5.97 Å². The van der Waals surface area contributed by atoms with Gasteiger partial charge in [-0.15, -0.1) is 0 Å². The van der Waals surface area contributed by atoms with Gasteiger partial charge in [0.2, 0.25) is 0 Å². The second kappa shape index (κ2) is 3.86. The van der Waals surface area contributed by atoms with Gasteiger partial charge in [0.1, 0.15) is 0 Å². The molecule has 0 unspecified atom stereocenters. The SMILES string of the molecule is NCCn1cc(C(=O)O)ccc1=O. The maximum Gasteiger partial charge on any atom is 0.337 e. The smallest absolute Gasteiger partial charge is 0.337 e. The molecule has 5 heteroatoms. The Balaban J connectivity index is 3.11. The molecule has 1 heterocycles. The van der Waals surface area contributed by atoms with E-state index in [9.17, 15) is 9.59 Å². The summed E-state index contributed by atoms with van der Waals surface area (Å²) < 4.78 is 1.28. The van der Waals surface area contributed by atoms with Crippen LogP contribution >= 0.6 is 0 Å². The maximum absolute atomic E-state index is 11.1. The number of pyridine rings is 1. The summed E-state index contributed by atoms with van der Waals surface area (Å²) in [5.41, 5.74) is 5.10. The summed E-state index contributed by atoms with van der Waals surface area (Å²) in [5, 5.41) is 8.62. The number of aromatic nitrogens is 1.